The molecule has 4 rings (SSSR count). The van der Waals surface area contributed by atoms with Gasteiger partial charge >= 0.3 is 0 Å². The van der Waals surface area contributed by atoms with E-state index >= 15 is 0 Å². The van der Waals surface area contributed by atoms with Crippen molar-refractivity contribution in [2.45, 2.75) is 46.2 Å². The molecule has 0 N–H and O–H groups in total. The molecule has 0 aliphatic carbocycles. The summed E-state index contributed by atoms with van der Waals surface area (Å²) in [5.41, 5.74) is 4.05. The quantitative estimate of drug-likeness (QED) is 0.588. The number of nitrogens with zero attached hydrogens (tertiary/aromatic N) is 6. The number of thiophene rings is 1. The van der Waals surface area contributed by atoms with E-state index in [1.54, 1.807) is 11.3 Å². The average molecular weight is 411 g/mol. The van der Waals surface area contributed by atoms with Crippen LogP contribution in [0.3, 0.4) is 0 Å². The molecule has 1 aromatic carbocycles. The number of hydrogen-bond acceptors (Lipinski definition) is 6. The molecule has 0 amide bonds. The highest BCUT2D eigenvalue weighted by Crippen LogP contribution is 2.28. The van der Waals surface area contributed by atoms with Gasteiger partial charge in [0.15, 0.2) is 5.82 Å². The lowest BCUT2D eigenvalue weighted by Gasteiger charge is -2.40. The standard InChI is InChI=1S/C22H30N6S/c1-4-6-20(22-23-24-25-28(22)16-19-7-5-14-29-19)26-10-12-27(13-11-26)21-15-17(2)8-9-18(21)3/h5,7-9,14-15,20H,4,6,10-13,16H2,1-3H3/t20-/m0/s1. The third kappa shape index (κ3) is 4.51. The molecule has 154 valence electrons. The van der Waals surface area contributed by atoms with E-state index in [4.69, 9.17) is 0 Å². The van der Waals surface area contributed by atoms with E-state index in [0.29, 0.717) is 0 Å². The van der Waals surface area contributed by atoms with Crippen molar-refractivity contribution in [2.75, 3.05) is 31.1 Å². The van der Waals surface area contributed by atoms with Crippen molar-refractivity contribution >= 4 is 17.0 Å². The van der Waals surface area contributed by atoms with Crippen LogP contribution < -0.4 is 4.90 Å². The van der Waals surface area contributed by atoms with E-state index in [1.165, 1.54) is 21.7 Å². The first-order valence-corrected chi connectivity index (χ1v) is 11.4. The molecule has 1 saturated heterocycles. The van der Waals surface area contributed by atoms with Crippen LogP contribution in [0.1, 0.15) is 47.6 Å². The molecule has 0 radical (unpaired) electrons. The summed E-state index contributed by atoms with van der Waals surface area (Å²) in [6.45, 7) is 11.5. The Kier molecular flexibility index (Phi) is 6.25. The number of rotatable bonds is 7. The molecule has 1 aliphatic rings. The summed E-state index contributed by atoms with van der Waals surface area (Å²) in [6.07, 6.45) is 2.20. The summed E-state index contributed by atoms with van der Waals surface area (Å²) in [5, 5.41) is 14.9. The lowest BCUT2D eigenvalue weighted by molar-refractivity contribution is 0.164. The van der Waals surface area contributed by atoms with Crippen molar-refractivity contribution in [1.82, 2.24) is 25.1 Å². The molecule has 0 saturated carbocycles. The molecular weight excluding hydrogens is 380 g/mol. The third-order valence-corrected chi connectivity index (χ3v) is 6.63. The van der Waals surface area contributed by atoms with Crippen molar-refractivity contribution in [1.29, 1.82) is 0 Å². The number of tetrazole rings is 1. The molecule has 1 atom stereocenters. The van der Waals surface area contributed by atoms with E-state index < -0.39 is 0 Å². The molecule has 1 aliphatic heterocycles. The Morgan fingerprint density at radius 2 is 1.93 bits per heavy atom. The normalized spacial score (nSPS) is 16.3. The molecule has 29 heavy (non-hydrogen) atoms. The summed E-state index contributed by atoms with van der Waals surface area (Å²) >= 11 is 1.75. The van der Waals surface area contributed by atoms with E-state index in [0.717, 1.165) is 51.4 Å². The zero-order valence-corrected chi connectivity index (χ0v) is 18.4. The summed E-state index contributed by atoms with van der Waals surface area (Å²) < 4.78 is 1.99. The second kappa shape index (κ2) is 9.05. The number of piperazine rings is 1. The predicted molar refractivity (Wildman–Crippen MR) is 119 cm³/mol. The molecule has 1 fully saturated rings. The first kappa shape index (κ1) is 20.0. The van der Waals surface area contributed by atoms with Crippen molar-refractivity contribution in [3.05, 3.63) is 57.5 Å². The van der Waals surface area contributed by atoms with Crippen molar-refractivity contribution < 1.29 is 0 Å². The number of hydrogen-bond donors (Lipinski definition) is 0. The fourth-order valence-electron chi connectivity index (χ4n) is 4.20. The summed E-state index contributed by atoms with van der Waals surface area (Å²) in [7, 11) is 0. The Bertz CT molecular complexity index is 911. The molecule has 0 unspecified atom stereocenters. The lowest BCUT2D eigenvalue weighted by Crippen LogP contribution is -2.48. The van der Waals surface area contributed by atoms with Crippen LogP contribution in [-0.4, -0.2) is 51.3 Å². The molecule has 3 aromatic rings. The van der Waals surface area contributed by atoms with Gasteiger partial charge in [0.1, 0.15) is 0 Å². The van der Waals surface area contributed by atoms with E-state index in [9.17, 15) is 0 Å². The van der Waals surface area contributed by atoms with Crippen LogP contribution in [0.15, 0.2) is 35.7 Å². The van der Waals surface area contributed by atoms with Gasteiger partial charge in [-0.25, -0.2) is 4.68 Å². The minimum Gasteiger partial charge on any atom is -0.369 e. The van der Waals surface area contributed by atoms with Gasteiger partial charge in [-0.05, 0) is 59.3 Å². The molecule has 7 heteroatoms. The number of aromatic nitrogens is 4. The fraction of sp³-hybridized carbons (Fsp3) is 0.500. The molecular formula is C22H30N6S. The van der Waals surface area contributed by atoms with E-state index in [1.807, 2.05) is 4.68 Å². The highest BCUT2D eigenvalue weighted by Gasteiger charge is 2.29. The topological polar surface area (TPSA) is 50.1 Å². The first-order valence-electron chi connectivity index (χ1n) is 10.5. The molecule has 2 aromatic heterocycles. The summed E-state index contributed by atoms with van der Waals surface area (Å²) in [4.78, 5) is 6.38. The second-order valence-corrected chi connectivity index (χ2v) is 8.92. The van der Waals surface area contributed by atoms with Crippen LogP contribution in [-0.2, 0) is 6.54 Å². The van der Waals surface area contributed by atoms with Gasteiger partial charge in [-0.2, -0.15) is 0 Å². The van der Waals surface area contributed by atoms with Crippen LogP contribution in [0, 0.1) is 13.8 Å². The zero-order valence-electron chi connectivity index (χ0n) is 17.6. The van der Waals surface area contributed by atoms with Crippen LogP contribution in [0.25, 0.3) is 0 Å². The third-order valence-electron chi connectivity index (χ3n) is 5.77. The van der Waals surface area contributed by atoms with Gasteiger partial charge in [0.05, 0.1) is 12.6 Å². The zero-order chi connectivity index (χ0) is 20.2. The van der Waals surface area contributed by atoms with Gasteiger partial charge in [-0.15, -0.1) is 16.4 Å². The highest BCUT2D eigenvalue weighted by atomic mass is 32.1. The molecule has 6 nitrogen and oxygen atoms in total. The Morgan fingerprint density at radius 3 is 2.66 bits per heavy atom. The monoisotopic (exact) mass is 410 g/mol. The Hall–Kier alpha value is -2.25. The number of benzene rings is 1. The lowest BCUT2D eigenvalue weighted by atomic mass is 10.1. The Labute approximate surface area is 177 Å². The Morgan fingerprint density at radius 1 is 1.10 bits per heavy atom. The van der Waals surface area contributed by atoms with Crippen molar-refractivity contribution in [3.63, 3.8) is 0 Å². The largest absolute Gasteiger partial charge is 0.369 e. The van der Waals surface area contributed by atoms with E-state index in [2.05, 4.69) is 81.8 Å². The minimum absolute atomic E-state index is 0.274. The maximum atomic E-state index is 4.44. The number of anilines is 1. The molecule has 3 heterocycles. The summed E-state index contributed by atoms with van der Waals surface area (Å²) in [5.74, 6) is 1.00. The van der Waals surface area contributed by atoms with Gasteiger partial charge < -0.3 is 4.90 Å². The first-order chi connectivity index (χ1) is 14.2. The van der Waals surface area contributed by atoms with Gasteiger partial charge in [0.2, 0.25) is 0 Å². The summed E-state index contributed by atoms with van der Waals surface area (Å²) in [6, 6.07) is 11.2. The smallest absolute Gasteiger partial charge is 0.168 e. The van der Waals surface area contributed by atoms with Crippen LogP contribution in [0.4, 0.5) is 5.69 Å². The number of aryl methyl sites for hydroxylation is 2. The maximum Gasteiger partial charge on any atom is 0.168 e. The van der Waals surface area contributed by atoms with Crippen molar-refractivity contribution in [3.8, 4) is 0 Å². The highest BCUT2D eigenvalue weighted by molar-refractivity contribution is 7.09. The average Bonchev–Trinajstić information content (AvgIpc) is 3.41. The minimum atomic E-state index is 0.274. The van der Waals surface area contributed by atoms with Gasteiger partial charge in [-0.3, -0.25) is 4.90 Å². The SMILES string of the molecule is CCC[C@@H](c1nnnn1Cc1cccs1)N1CCN(c2cc(C)ccc2C)CC1. The van der Waals surface area contributed by atoms with Crippen molar-refractivity contribution in [2.24, 2.45) is 0 Å². The van der Waals surface area contributed by atoms with Crippen LogP contribution in [0.5, 0.6) is 0 Å². The maximum absolute atomic E-state index is 4.44. The Balaban J connectivity index is 1.48. The van der Waals surface area contributed by atoms with Gasteiger partial charge in [0, 0.05) is 36.7 Å². The second-order valence-electron chi connectivity index (χ2n) is 7.89. The van der Waals surface area contributed by atoms with Crippen LogP contribution >= 0.6 is 11.3 Å². The molecule has 0 spiro atoms. The van der Waals surface area contributed by atoms with Gasteiger partial charge in [0.25, 0.3) is 0 Å². The van der Waals surface area contributed by atoms with Crippen LogP contribution in [0.2, 0.25) is 0 Å². The molecule has 0 bridgehead atoms. The predicted octanol–water partition coefficient (Wildman–Crippen LogP) is 4.06. The van der Waals surface area contributed by atoms with Gasteiger partial charge in [-0.1, -0.05) is 31.5 Å². The fourth-order valence-corrected chi connectivity index (χ4v) is 4.88. The van der Waals surface area contributed by atoms with E-state index in [-0.39, 0.29) is 6.04 Å².